The Hall–Kier alpha value is -3.35. The molecule has 2 aromatic carbocycles. The van der Waals surface area contributed by atoms with E-state index >= 15 is 0 Å². The van der Waals surface area contributed by atoms with Gasteiger partial charge < -0.3 is 14.8 Å². The number of rotatable bonds is 6. The van der Waals surface area contributed by atoms with Crippen LogP contribution in [0.1, 0.15) is 16.7 Å². The van der Waals surface area contributed by atoms with Gasteiger partial charge >= 0.3 is 0 Å². The van der Waals surface area contributed by atoms with Gasteiger partial charge in [-0.05, 0) is 72.0 Å². The Morgan fingerprint density at radius 1 is 1.07 bits per heavy atom. The molecule has 1 amide bonds. The summed E-state index contributed by atoms with van der Waals surface area (Å²) >= 11 is 0. The maximum absolute atomic E-state index is 12.3. The number of aromatic nitrogens is 2. The summed E-state index contributed by atoms with van der Waals surface area (Å²) < 4.78 is 15.7. The lowest BCUT2D eigenvalue weighted by Crippen LogP contribution is -2.21. The zero-order valence-corrected chi connectivity index (χ0v) is 15.7. The molecule has 0 aliphatic heterocycles. The zero-order valence-electron chi connectivity index (χ0n) is 15.7. The van der Waals surface area contributed by atoms with E-state index in [1.165, 1.54) is 0 Å². The SMILES string of the molecule is COc1ccc(-c2nonc2NC(=O)COc2cccc(C)c2C)cc1C. The molecule has 0 aliphatic carbocycles. The van der Waals surface area contributed by atoms with Crippen LogP contribution in [0.2, 0.25) is 0 Å². The molecule has 0 unspecified atom stereocenters. The molecule has 0 radical (unpaired) electrons. The van der Waals surface area contributed by atoms with Gasteiger partial charge in [0.15, 0.2) is 12.3 Å². The molecule has 27 heavy (non-hydrogen) atoms. The smallest absolute Gasteiger partial charge is 0.263 e. The van der Waals surface area contributed by atoms with Gasteiger partial charge in [0.1, 0.15) is 11.5 Å². The fourth-order valence-electron chi connectivity index (χ4n) is 2.68. The Kier molecular flexibility index (Phi) is 5.40. The topological polar surface area (TPSA) is 86.5 Å². The number of ether oxygens (including phenoxy) is 2. The van der Waals surface area contributed by atoms with Crippen LogP contribution in [0.15, 0.2) is 41.0 Å². The van der Waals surface area contributed by atoms with Crippen molar-refractivity contribution in [3.63, 3.8) is 0 Å². The largest absolute Gasteiger partial charge is 0.496 e. The van der Waals surface area contributed by atoms with Gasteiger partial charge in [-0.3, -0.25) is 4.79 Å². The second-order valence-electron chi connectivity index (χ2n) is 6.18. The molecule has 1 N–H and O–H groups in total. The van der Waals surface area contributed by atoms with Crippen molar-refractivity contribution < 1.29 is 18.9 Å². The Balaban J connectivity index is 1.70. The fraction of sp³-hybridized carbons (Fsp3) is 0.250. The fourth-order valence-corrected chi connectivity index (χ4v) is 2.68. The second kappa shape index (κ2) is 7.90. The molecule has 0 bridgehead atoms. The Labute approximate surface area is 157 Å². The Bertz CT molecular complexity index is 966. The van der Waals surface area contributed by atoms with E-state index in [0.717, 1.165) is 28.0 Å². The first-order valence-corrected chi connectivity index (χ1v) is 8.46. The molecular weight excluding hydrogens is 346 g/mol. The third-order valence-corrected chi connectivity index (χ3v) is 4.33. The van der Waals surface area contributed by atoms with E-state index in [-0.39, 0.29) is 18.3 Å². The first kappa shape index (κ1) is 18.4. The lowest BCUT2D eigenvalue weighted by Gasteiger charge is -2.10. The number of amides is 1. The standard InChI is InChI=1S/C20H21N3O4/c1-12-6-5-7-17(14(12)3)26-11-18(24)21-20-19(22-27-23-20)15-8-9-16(25-4)13(2)10-15/h5-10H,11H2,1-4H3,(H,21,23,24). The van der Waals surface area contributed by atoms with Crippen molar-refractivity contribution in [3.8, 4) is 22.8 Å². The van der Waals surface area contributed by atoms with Crippen molar-refractivity contribution in [1.29, 1.82) is 0 Å². The summed E-state index contributed by atoms with van der Waals surface area (Å²) in [6.07, 6.45) is 0. The summed E-state index contributed by atoms with van der Waals surface area (Å²) in [6.45, 7) is 5.73. The average Bonchev–Trinajstić information content (AvgIpc) is 3.11. The molecule has 7 heteroatoms. The van der Waals surface area contributed by atoms with Gasteiger partial charge in [-0.15, -0.1) is 0 Å². The summed E-state index contributed by atoms with van der Waals surface area (Å²) in [5.74, 6) is 1.34. The Morgan fingerprint density at radius 3 is 2.63 bits per heavy atom. The van der Waals surface area contributed by atoms with Crippen LogP contribution in [0, 0.1) is 20.8 Å². The van der Waals surface area contributed by atoms with E-state index in [0.29, 0.717) is 11.4 Å². The molecule has 0 saturated heterocycles. The van der Waals surface area contributed by atoms with Gasteiger partial charge in [0.25, 0.3) is 5.91 Å². The molecule has 7 nitrogen and oxygen atoms in total. The van der Waals surface area contributed by atoms with Gasteiger partial charge in [0.2, 0.25) is 5.82 Å². The predicted molar refractivity (Wildman–Crippen MR) is 101 cm³/mol. The van der Waals surface area contributed by atoms with Gasteiger partial charge in [-0.1, -0.05) is 12.1 Å². The van der Waals surface area contributed by atoms with Crippen molar-refractivity contribution in [2.45, 2.75) is 20.8 Å². The minimum absolute atomic E-state index is 0.141. The number of hydrogen-bond donors (Lipinski definition) is 1. The molecule has 0 fully saturated rings. The Morgan fingerprint density at radius 2 is 1.89 bits per heavy atom. The summed E-state index contributed by atoms with van der Waals surface area (Å²) in [6, 6.07) is 11.3. The summed E-state index contributed by atoms with van der Waals surface area (Å²) in [7, 11) is 1.61. The molecule has 0 saturated carbocycles. The molecule has 0 atom stereocenters. The van der Waals surface area contributed by atoms with E-state index in [1.807, 2.05) is 57.2 Å². The molecule has 1 heterocycles. The van der Waals surface area contributed by atoms with Crippen molar-refractivity contribution in [2.24, 2.45) is 0 Å². The van der Waals surface area contributed by atoms with Gasteiger partial charge in [0, 0.05) is 5.56 Å². The van der Waals surface area contributed by atoms with E-state index in [1.54, 1.807) is 7.11 Å². The van der Waals surface area contributed by atoms with Gasteiger partial charge in [-0.25, -0.2) is 4.63 Å². The lowest BCUT2D eigenvalue weighted by atomic mass is 10.1. The number of carbonyl (C=O) groups is 1. The zero-order chi connectivity index (χ0) is 19.4. The summed E-state index contributed by atoms with van der Waals surface area (Å²) in [5, 5.41) is 10.4. The minimum Gasteiger partial charge on any atom is -0.496 e. The molecule has 0 aliphatic rings. The number of nitrogens with one attached hydrogen (secondary N) is 1. The number of hydrogen-bond acceptors (Lipinski definition) is 6. The highest BCUT2D eigenvalue weighted by molar-refractivity contribution is 5.94. The van der Waals surface area contributed by atoms with Crippen molar-refractivity contribution in [3.05, 3.63) is 53.1 Å². The minimum atomic E-state index is -0.349. The van der Waals surface area contributed by atoms with Crippen molar-refractivity contribution >= 4 is 11.7 Å². The molecule has 3 aromatic rings. The first-order valence-electron chi connectivity index (χ1n) is 8.46. The average molecular weight is 367 g/mol. The maximum Gasteiger partial charge on any atom is 0.263 e. The van der Waals surface area contributed by atoms with Crippen molar-refractivity contribution in [2.75, 3.05) is 19.0 Å². The third-order valence-electron chi connectivity index (χ3n) is 4.33. The van der Waals surface area contributed by atoms with Gasteiger partial charge in [0.05, 0.1) is 7.11 Å². The number of carbonyl (C=O) groups excluding carboxylic acids is 1. The molecule has 3 rings (SSSR count). The van der Waals surface area contributed by atoms with Crippen LogP contribution in [0.25, 0.3) is 11.3 Å². The van der Waals surface area contributed by atoms with E-state index in [9.17, 15) is 4.79 Å². The van der Waals surface area contributed by atoms with Crippen molar-refractivity contribution in [1.82, 2.24) is 10.3 Å². The summed E-state index contributed by atoms with van der Waals surface area (Å²) in [4.78, 5) is 12.3. The quantitative estimate of drug-likeness (QED) is 0.715. The van der Waals surface area contributed by atoms with Crippen LogP contribution in [0.4, 0.5) is 5.82 Å². The summed E-state index contributed by atoms with van der Waals surface area (Å²) in [5.41, 5.74) is 4.25. The number of aryl methyl sites for hydroxylation is 2. The number of benzene rings is 2. The van der Waals surface area contributed by atoms with Gasteiger partial charge in [-0.2, -0.15) is 0 Å². The van der Waals surface area contributed by atoms with Crippen LogP contribution < -0.4 is 14.8 Å². The molecule has 140 valence electrons. The van der Waals surface area contributed by atoms with E-state index < -0.39 is 0 Å². The number of anilines is 1. The van der Waals surface area contributed by atoms with Crippen LogP contribution in [0.3, 0.4) is 0 Å². The van der Waals surface area contributed by atoms with E-state index in [2.05, 4.69) is 15.6 Å². The number of nitrogens with zero attached hydrogens (tertiary/aromatic N) is 2. The number of methoxy groups -OCH3 is 1. The highest BCUT2D eigenvalue weighted by Crippen LogP contribution is 2.29. The monoisotopic (exact) mass is 367 g/mol. The van der Waals surface area contributed by atoms with Crippen LogP contribution >= 0.6 is 0 Å². The maximum atomic E-state index is 12.3. The lowest BCUT2D eigenvalue weighted by molar-refractivity contribution is -0.118. The van der Waals surface area contributed by atoms with E-state index in [4.69, 9.17) is 14.1 Å². The highest BCUT2D eigenvalue weighted by atomic mass is 16.6. The molecule has 1 aromatic heterocycles. The van der Waals surface area contributed by atoms with Crippen LogP contribution in [-0.2, 0) is 4.79 Å². The molecule has 0 spiro atoms. The first-order chi connectivity index (χ1) is 13.0. The van der Waals surface area contributed by atoms with Crippen LogP contribution in [-0.4, -0.2) is 29.9 Å². The normalized spacial score (nSPS) is 10.5. The van der Waals surface area contributed by atoms with Crippen LogP contribution in [0.5, 0.6) is 11.5 Å². The predicted octanol–water partition coefficient (Wildman–Crippen LogP) is 3.69. The second-order valence-corrected chi connectivity index (χ2v) is 6.18. The third kappa shape index (κ3) is 4.08. The molecular formula is C20H21N3O4. The highest BCUT2D eigenvalue weighted by Gasteiger charge is 2.16.